The molecule has 36 heavy (non-hydrogen) atoms. The lowest BCUT2D eigenvalue weighted by Crippen LogP contribution is -2.40. The Morgan fingerprint density at radius 1 is 1.08 bits per heavy atom. The molecule has 5 rings (SSSR count). The van der Waals surface area contributed by atoms with E-state index in [0.29, 0.717) is 37.0 Å². The SMILES string of the molecule is CCOC(=O)N1CCC(CC2CCN(c3cc4c(cn3)c(C3CCC(=O)NC3=O)nn4C)CC2)CC1. The number of anilines is 1. The average Bonchev–Trinajstić information content (AvgIpc) is 3.20. The number of pyridine rings is 1. The molecule has 1 N–H and O–H groups in total. The summed E-state index contributed by atoms with van der Waals surface area (Å²) in [5.74, 6) is 1.42. The minimum absolute atomic E-state index is 0.175. The van der Waals surface area contributed by atoms with Crippen LogP contribution >= 0.6 is 0 Å². The molecule has 10 nitrogen and oxygen atoms in total. The molecule has 3 amide bonds. The van der Waals surface area contributed by atoms with E-state index >= 15 is 0 Å². The fourth-order valence-corrected chi connectivity index (χ4v) is 5.99. The van der Waals surface area contributed by atoms with Gasteiger partial charge in [0.25, 0.3) is 0 Å². The van der Waals surface area contributed by atoms with Crippen LogP contribution < -0.4 is 10.2 Å². The maximum atomic E-state index is 12.4. The molecule has 0 spiro atoms. The summed E-state index contributed by atoms with van der Waals surface area (Å²) in [7, 11) is 1.89. The van der Waals surface area contributed by atoms with Crippen LogP contribution in [0.1, 0.15) is 63.5 Å². The summed E-state index contributed by atoms with van der Waals surface area (Å²) < 4.78 is 6.95. The molecular formula is C26H36N6O4. The van der Waals surface area contributed by atoms with Crippen LogP contribution in [0.3, 0.4) is 0 Å². The van der Waals surface area contributed by atoms with Gasteiger partial charge in [0.05, 0.1) is 23.7 Å². The van der Waals surface area contributed by atoms with E-state index in [9.17, 15) is 14.4 Å². The number of amides is 3. The molecule has 0 radical (unpaired) electrons. The Labute approximate surface area is 211 Å². The number of likely N-dealkylation sites (tertiary alicyclic amines) is 1. The third-order valence-electron chi connectivity index (χ3n) is 8.07. The quantitative estimate of drug-likeness (QED) is 0.634. The summed E-state index contributed by atoms with van der Waals surface area (Å²) in [6, 6.07) is 2.07. The van der Waals surface area contributed by atoms with Crippen molar-refractivity contribution in [1.82, 2.24) is 25.0 Å². The minimum Gasteiger partial charge on any atom is -0.450 e. The van der Waals surface area contributed by atoms with Gasteiger partial charge in [0.2, 0.25) is 11.8 Å². The highest BCUT2D eigenvalue weighted by molar-refractivity contribution is 6.02. The Balaban J connectivity index is 1.17. The lowest BCUT2D eigenvalue weighted by Gasteiger charge is -2.37. The molecule has 2 aromatic heterocycles. The van der Waals surface area contributed by atoms with E-state index in [1.807, 2.05) is 29.7 Å². The van der Waals surface area contributed by atoms with Crippen LogP contribution in [-0.2, 0) is 21.4 Å². The third kappa shape index (κ3) is 5.03. The van der Waals surface area contributed by atoms with Gasteiger partial charge in [-0.15, -0.1) is 0 Å². The van der Waals surface area contributed by atoms with E-state index in [1.165, 1.54) is 6.42 Å². The van der Waals surface area contributed by atoms with Gasteiger partial charge < -0.3 is 14.5 Å². The number of imide groups is 1. The Kier molecular flexibility index (Phi) is 7.11. The van der Waals surface area contributed by atoms with Crippen molar-refractivity contribution in [2.75, 3.05) is 37.7 Å². The first kappa shape index (κ1) is 24.5. The zero-order valence-corrected chi connectivity index (χ0v) is 21.2. The molecular weight excluding hydrogens is 460 g/mol. The Hall–Kier alpha value is -3.17. The molecule has 3 aliphatic heterocycles. The van der Waals surface area contributed by atoms with Crippen molar-refractivity contribution >= 4 is 34.6 Å². The number of carbonyl (C=O) groups is 3. The van der Waals surface area contributed by atoms with E-state index in [-0.39, 0.29) is 17.9 Å². The maximum Gasteiger partial charge on any atom is 0.409 e. The predicted octanol–water partition coefficient (Wildman–Crippen LogP) is 2.96. The molecule has 194 valence electrons. The highest BCUT2D eigenvalue weighted by atomic mass is 16.6. The number of piperidine rings is 3. The van der Waals surface area contributed by atoms with Crippen molar-refractivity contribution in [3.05, 3.63) is 18.0 Å². The highest BCUT2D eigenvalue weighted by Crippen LogP contribution is 2.34. The van der Waals surface area contributed by atoms with Crippen LogP contribution in [0.25, 0.3) is 10.9 Å². The van der Waals surface area contributed by atoms with Gasteiger partial charge in [-0.1, -0.05) is 0 Å². The van der Waals surface area contributed by atoms with E-state index < -0.39 is 5.92 Å². The monoisotopic (exact) mass is 496 g/mol. The second-order valence-electron chi connectivity index (χ2n) is 10.4. The van der Waals surface area contributed by atoms with E-state index in [2.05, 4.69) is 21.4 Å². The van der Waals surface area contributed by atoms with Crippen LogP contribution in [0.5, 0.6) is 0 Å². The molecule has 0 bridgehead atoms. The van der Waals surface area contributed by atoms with E-state index in [4.69, 9.17) is 9.72 Å². The largest absolute Gasteiger partial charge is 0.450 e. The van der Waals surface area contributed by atoms with Crippen LogP contribution in [-0.4, -0.2) is 70.4 Å². The summed E-state index contributed by atoms with van der Waals surface area (Å²) in [6.07, 6.45) is 8.11. The van der Waals surface area contributed by atoms with Gasteiger partial charge in [0.15, 0.2) is 0 Å². The normalized spacial score (nSPS) is 22.2. The fraction of sp³-hybridized carbons (Fsp3) is 0.654. The molecule has 1 atom stereocenters. The maximum absolute atomic E-state index is 12.4. The molecule has 2 aromatic rings. The second-order valence-corrected chi connectivity index (χ2v) is 10.4. The Morgan fingerprint density at radius 3 is 2.44 bits per heavy atom. The van der Waals surface area contributed by atoms with Crippen molar-refractivity contribution < 1.29 is 19.1 Å². The molecule has 5 heterocycles. The number of ether oxygens (including phenoxy) is 1. The summed E-state index contributed by atoms with van der Waals surface area (Å²) in [5, 5.41) is 7.94. The number of nitrogens with zero attached hydrogens (tertiary/aromatic N) is 5. The van der Waals surface area contributed by atoms with Crippen LogP contribution in [0.2, 0.25) is 0 Å². The van der Waals surface area contributed by atoms with Crippen molar-refractivity contribution in [3.8, 4) is 0 Å². The molecule has 1 unspecified atom stereocenters. The van der Waals surface area contributed by atoms with E-state index in [1.54, 1.807) is 0 Å². The van der Waals surface area contributed by atoms with Crippen LogP contribution in [0.15, 0.2) is 12.3 Å². The lowest BCUT2D eigenvalue weighted by molar-refractivity contribution is -0.134. The first-order valence-corrected chi connectivity index (χ1v) is 13.3. The van der Waals surface area contributed by atoms with Crippen molar-refractivity contribution in [2.24, 2.45) is 18.9 Å². The predicted molar refractivity (Wildman–Crippen MR) is 135 cm³/mol. The van der Waals surface area contributed by atoms with Gasteiger partial charge in [-0.3, -0.25) is 19.6 Å². The van der Waals surface area contributed by atoms with Crippen LogP contribution in [0, 0.1) is 11.8 Å². The Bertz CT molecular complexity index is 1130. The Morgan fingerprint density at radius 2 is 1.78 bits per heavy atom. The zero-order valence-electron chi connectivity index (χ0n) is 21.2. The standard InChI is InChI=1S/C26H36N6O4/c1-3-36-26(35)32-12-8-18(9-13-32)14-17-6-10-31(11-7-17)22-15-21-20(16-27-22)24(29-30(21)2)19-4-5-23(33)28-25(19)34/h15-19H,3-14H2,1-2H3,(H,28,33,34). The number of rotatable bonds is 5. The number of fused-ring (bicyclic) bond motifs is 1. The second kappa shape index (κ2) is 10.4. The minimum atomic E-state index is -0.418. The van der Waals surface area contributed by atoms with Gasteiger partial charge >= 0.3 is 6.09 Å². The molecule has 0 saturated carbocycles. The van der Waals surface area contributed by atoms with Gasteiger partial charge in [-0.05, 0) is 57.3 Å². The molecule has 0 aliphatic carbocycles. The zero-order chi connectivity index (χ0) is 25.2. The smallest absolute Gasteiger partial charge is 0.409 e. The van der Waals surface area contributed by atoms with Gasteiger partial charge in [-0.2, -0.15) is 5.10 Å². The van der Waals surface area contributed by atoms with Crippen molar-refractivity contribution in [2.45, 2.75) is 57.8 Å². The summed E-state index contributed by atoms with van der Waals surface area (Å²) in [6.45, 7) is 5.84. The third-order valence-corrected chi connectivity index (χ3v) is 8.07. The topological polar surface area (TPSA) is 110 Å². The van der Waals surface area contributed by atoms with Crippen LogP contribution in [0.4, 0.5) is 10.6 Å². The number of hydrogen-bond acceptors (Lipinski definition) is 7. The molecule has 0 aromatic carbocycles. The number of carbonyl (C=O) groups excluding carboxylic acids is 3. The number of aromatic nitrogens is 3. The highest BCUT2D eigenvalue weighted by Gasteiger charge is 2.32. The average molecular weight is 497 g/mol. The lowest BCUT2D eigenvalue weighted by atomic mass is 9.83. The molecule has 10 heteroatoms. The molecule has 3 saturated heterocycles. The molecule has 3 fully saturated rings. The first-order valence-electron chi connectivity index (χ1n) is 13.3. The summed E-state index contributed by atoms with van der Waals surface area (Å²) in [4.78, 5) is 44.8. The fourth-order valence-electron chi connectivity index (χ4n) is 5.99. The van der Waals surface area contributed by atoms with Crippen molar-refractivity contribution in [1.29, 1.82) is 0 Å². The number of nitrogens with one attached hydrogen (secondary N) is 1. The number of aryl methyl sites for hydroxylation is 1. The van der Waals surface area contributed by atoms with Gasteiger partial charge in [-0.25, -0.2) is 9.78 Å². The first-order chi connectivity index (χ1) is 17.4. The number of hydrogen-bond donors (Lipinski definition) is 1. The molecule has 3 aliphatic rings. The summed E-state index contributed by atoms with van der Waals surface area (Å²) in [5.41, 5.74) is 1.65. The summed E-state index contributed by atoms with van der Waals surface area (Å²) >= 11 is 0. The van der Waals surface area contributed by atoms with Gasteiger partial charge in [0, 0.05) is 57.3 Å². The van der Waals surface area contributed by atoms with Crippen molar-refractivity contribution in [3.63, 3.8) is 0 Å². The van der Waals surface area contributed by atoms with E-state index in [0.717, 1.165) is 68.6 Å². The van der Waals surface area contributed by atoms with Gasteiger partial charge in [0.1, 0.15) is 5.82 Å².